The van der Waals surface area contributed by atoms with Gasteiger partial charge in [0.25, 0.3) is 0 Å². The topological polar surface area (TPSA) is 72.5 Å². The second kappa shape index (κ2) is 8.05. The lowest BCUT2D eigenvalue weighted by Crippen LogP contribution is -2.37. The molecule has 1 fully saturated rings. The highest BCUT2D eigenvalue weighted by atomic mass is 16.5. The van der Waals surface area contributed by atoms with E-state index in [1.54, 1.807) is 12.1 Å². The Morgan fingerprint density at radius 3 is 2.61 bits per heavy atom. The van der Waals surface area contributed by atoms with Crippen molar-refractivity contribution in [2.75, 3.05) is 36.5 Å². The minimum Gasteiger partial charge on any atom is -0.378 e. The maximum Gasteiger partial charge on any atom is 0.228 e. The van der Waals surface area contributed by atoms with E-state index in [2.05, 4.69) is 38.4 Å². The number of aryl methyl sites for hydroxylation is 1. The number of rotatable bonds is 4. The summed E-state index contributed by atoms with van der Waals surface area (Å²) in [7, 11) is 1.94. The predicted octanol–water partition coefficient (Wildman–Crippen LogP) is 4.16. The van der Waals surface area contributed by atoms with E-state index in [9.17, 15) is 0 Å². The molecule has 0 amide bonds. The van der Waals surface area contributed by atoms with Gasteiger partial charge in [-0.2, -0.15) is 10.1 Å². The molecule has 1 N–H and O–H groups in total. The fourth-order valence-corrected chi connectivity index (χ4v) is 3.62. The normalized spacial score (nSPS) is 13.9. The van der Waals surface area contributed by atoms with Gasteiger partial charge < -0.3 is 15.0 Å². The zero-order valence-electron chi connectivity index (χ0n) is 17.1. The van der Waals surface area contributed by atoms with Crippen LogP contribution in [0.15, 0.2) is 54.7 Å². The van der Waals surface area contributed by atoms with Gasteiger partial charge in [-0.25, -0.2) is 9.83 Å². The van der Waals surface area contributed by atoms with Crippen LogP contribution in [-0.2, 0) is 11.8 Å². The summed E-state index contributed by atoms with van der Waals surface area (Å²) in [6.45, 7) is 9.95. The van der Waals surface area contributed by atoms with Crippen molar-refractivity contribution in [3.63, 3.8) is 0 Å². The first kappa shape index (κ1) is 19.0. The summed E-state index contributed by atoms with van der Waals surface area (Å²) in [5.41, 5.74) is 4.35. The predicted molar refractivity (Wildman–Crippen MR) is 121 cm³/mol. The summed E-state index contributed by atoms with van der Waals surface area (Å²) in [4.78, 5) is 15.2. The number of hydrogen-bond donors (Lipinski definition) is 1. The molecule has 2 aromatic carbocycles. The van der Waals surface area contributed by atoms with Gasteiger partial charge in [0, 0.05) is 42.8 Å². The van der Waals surface area contributed by atoms with Crippen LogP contribution in [0.1, 0.15) is 0 Å². The number of aromatic nitrogens is 4. The third-order valence-corrected chi connectivity index (χ3v) is 5.32. The van der Waals surface area contributed by atoms with Crippen LogP contribution >= 0.6 is 0 Å². The van der Waals surface area contributed by atoms with Crippen LogP contribution in [0.25, 0.3) is 27.0 Å². The van der Waals surface area contributed by atoms with Crippen LogP contribution in [0, 0.1) is 6.57 Å². The zero-order chi connectivity index (χ0) is 21.2. The van der Waals surface area contributed by atoms with Crippen molar-refractivity contribution in [3.05, 3.63) is 66.1 Å². The number of morpholine rings is 1. The number of fused-ring (bicyclic) bond motifs is 1. The van der Waals surface area contributed by atoms with E-state index in [1.807, 2.05) is 36.1 Å². The van der Waals surface area contributed by atoms with Gasteiger partial charge in [-0.3, -0.25) is 4.68 Å². The van der Waals surface area contributed by atoms with Crippen molar-refractivity contribution in [1.29, 1.82) is 0 Å². The summed E-state index contributed by atoms with van der Waals surface area (Å²) < 4.78 is 7.35. The maximum atomic E-state index is 7.12. The Labute approximate surface area is 179 Å². The van der Waals surface area contributed by atoms with Crippen molar-refractivity contribution in [2.24, 2.45) is 7.05 Å². The minimum absolute atomic E-state index is 0.604. The fourth-order valence-electron chi connectivity index (χ4n) is 3.62. The van der Waals surface area contributed by atoms with Crippen LogP contribution in [-0.4, -0.2) is 46.1 Å². The highest BCUT2D eigenvalue weighted by Crippen LogP contribution is 2.28. The van der Waals surface area contributed by atoms with Crippen LogP contribution in [0.3, 0.4) is 0 Å². The van der Waals surface area contributed by atoms with Crippen LogP contribution in [0.2, 0.25) is 0 Å². The molecule has 0 atom stereocenters. The molecule has 8 heteroatoms. The molecule has 0 bridgehead atoms. The first-order valence-corrected chi connectivity index (χ1v) is 10.1. The number of benzene rings is 2. The van der Waals surface area contributed by atoms with Gasteiger partial charge in [-0.15, -0.1) is 0 Å². The smallest absolute Gasteiger partial charge is 0.228 e. The Hall–Kier alpha value is -3.96. The van der Waals surface area contributed by atoms with Gasteiger partial charge in [0.15, 0.2) is 5.69 Å². The minimum atomic E-state index is 0.604. The first-order chi connectivity index (χ1) is 15.2. The van der Waals surface area contributed by atoms with Crippen molar-refractivity contribution >= 4 is 34.0 Å². The molecule has 4 aromatic rings. The van der Waals surface area contributed by atoms with Gasteiger partial charge in [-0.1, -0.05) is 24.3 Å². The third-order valence-electron chi connectivity index (χ3n) is 5.32. The molecule has 1 saturated heterocycles. The summed E-state index contributed by atoms with van der Waals surface area (Å²) in [5.74, 6) is 1.37. The monoisotopic (exact) mass is 411 g/mol. The van der Waals surface area contributed by atoms with Gasteiger partial charge >= 0.3 is 0 Å². The molecule has 1 aliphatic heterocycles. The van der Waals surface area contributed by atoms with Gasteiger partial charge in [0.2, 0.25) is 5.95 Å². The standard InChI is InChI=1S/C23H21N7O/c1-24-18-5-7-19(8-6-18)26-22-14-20(27-23(28-22)30-9-11-31-12-10-30)16-3-4-17-15-25-29(2)21(17)13-16/h3-8,13-15H,9-12H2,2H3,(H,26,27,28). The SMILES string of the molecule is [C-]#[N+]c1ccc(Nc2cc(-c3ccc4cnn(C)c4c3)nc(N3CCOCC3)n2)cc1. The first-order valence-electron chi connectivity index (χ1n) is 10.1. The number of nitrogens with zero attached hydrogens (tertiary/aromatic N) is 6. The quantitative estimate of drug-likeness (QED) is 0.509. The zero-order valence-corrected chi connectivity index (χ0v) is 17.1. The molecule has 0 unspecified atom stereocenters. The molecule has 0 radical (unpaired) electrons. The Morgan fingerprint density at radius 1 is 1.03 bits per heavy atom. The molecule has 5 rings (SSSR count). The summed E-state index contributed by atoms with van der Waals surface area (Å²) in [6.07, 6.45) is 1.86. The van der Waals surface area contributed by atoms with E-state index < -0.39 is 0 Å². The van der Waals surface area contributed by atoms with Crippen molar-refractivity contribution in [1.82, 2.24) is 19.7 Å². The molecule has 2 aromatic heterocycles. The highest BCUT2D eigenvalue weighted by Gasteiger charge is 2.17. The van der Waals surface area contributed by atoms with E-state index >= 15 is 0 Å². The molecular formula is C23H21N7O. The molecule has 154 valence electrons. The van der Waals surface area contributed by atoms with E-state index in [4.69, 9.17) is 21.3 Å². The lowest BCUT2D eigenvalue weighted by atomic mass is 10.1. The molecule has 8 nitrogen and oxygen atoms in total. The van der Waals surface area contributed by atoms with Gasteiger partial charge in [0.1, 0.15) is 5.82 Å². The Balaban J connectivity index is 1.56. The number of anilines is 3. The Kier molecular flexibility index (Phi) is 4.94. The molecule has 31 heavy (non-hydrogen) atoms. The number of nitrogens with one attached hydrogen (secondary N) is 1. The van der Waals surface area contributed by atoms with Crippen molar-refractivity contribution in [2.45, 2.75) is 0 Å². The number of ether oxygens (including phenoxy) is 1. The molecule has 3 heterocycles. The summed E-state index contributed by atoms with van der Waals surface area (Å²) in [6, 6.07) is 15.5. The number of hydrogen-bond acceptors (Lipinski definition) is 6. The van der Waals surface area contributed by atoms with E-state index in [0.717, 1.165) is 40.9 Å². The third kappa shape index (κ3) is 3.91. The molecule has 0 aliphatic carbocycles. The van der Waals surface area contributed by atoms with Crippen LogP contribution in [0.5, 0.6) is 0 Å². The molecule has 1 aliphatic rings. The average molecular weight is 411 g/mol. The van der Waals surface area contributed by atoms with E-state index in [-0.39, 0.29) is 0 Å². The van der Waals surface area contributed by atoms with Gasteiger partial charge in [0.05, 0.1) is 37.2 Å². The van der Waals surface area contributed by atoms with Crippen molar-refractivity contribution < 1.29 is 4.74 Å². The fraction of sp³-hybridized carbons (Fsp3) is 0.217. The largest absolute Gasteiger partial charge is 0.378 e. The Morgan fingerprint density at radius 2 is 1.84 bits per heavy atom. The second-order valence-corrected chi connectivity index (χ2v) is 7.36. The lowest BCUT2D eigenvalue weighted by Gasteiger charge is -2.27. The van der Waals surface area contributed by atoms with Gasteiger partial charge in [-0.05, 0) is 18.2 Å². The van der Waals surface area contributed by atoms with E-state index in [1.165, 1.54) is 0 Å². The highest BCUT2D eigenvalue weighted by molar-refractivity contribution is 5.84. The van der Waals surface area contributed by atoms with Crippen LogP contribution in [0.4, 0.5) is 23.1 Å². The van der Waals surface area contributed by atoms with Crippen LogP contribution < -0.4 is 10.2 Å². The summed E-state index contributed by atoms with van der Waals surface area (Å²) in [5, 5.41) is 8.79. The lowest BCUT2D eigenvalue weighted by molar-refractivity contribution is 0.122. The maximum absolute atomic E-state index is 7.12. The van der Waals surface area contributed by atoms with E-state index in [0.29, 0.717) is 30.7 Å². The summed E-state index contributed by atoms with van der Waals surface area (Å²) >= 11 is 0. The molecule has 0 saturated carbocycles. The molecular weight excluding hydrogens is 390 g/mol. The Bertz CT molecular complexity index is 1270. The molecule has 0 spiro atoms. The second-order valence-electron chi connectivity index (χ2n) is 7.36. The average Bonchev–Trinajstić information content (AvgIpc) is 3.20. The van der Waals surface area contributed by atoms with Crippen molar-refractivity contribution in [3.8, 4) is 11.3 Å².